The van der Waals surface area contributed by atoms with Gasteiger partial charge in [-0.1, -0.05) is 36.4 Å². The van der Waals surface area contributed by atoms with Crippen molar-refractivity contribution in [2.24, 2.45) is 0 Å². The Morgan fingerprint density at radius 1 is 0.895 bits per heavy atom. The normalized spacial score (nSPS) is 10.5. The predicted molar refractivity (Wildman–Crippen MR) is 78.1 cm³/mol. The van der Waals surface area contributed by atoms with Crippen molar-refractivity contribution in [1.29, 1.82) is 0 Å². The van der Waals surface area contributed by atoms with Gasteiger partial charge in [-0.25, -0.2) is 0 Å². The molecule has 5 nitrogen and oxygen atoms in total. The van der Waals surface area contributed by atoms with Crippen molar-refractivity contribution < 1.29 is 0 Å². The smallest absolute Gasteiger partial charge is 0.223 e. The minimum absolute atomic E-state index is 0.155. The number of nitrogens with one attached hydrogen (secondary N) is 1. The summed E-state index contributed by atoms with van der Waals surface area (Å²) in [6.45, 7) is 0. The SMILES string of the molecule is Nc1cc(Nc2cccc3ccccc23)nc(N)n1. The maximum Gasteiger partial charge on any atom is 0.223 e. The summed E-state index contributed by atoms with van der Waals surface area (Å²) in [5.41, 5.74) is 12.2. The summed E-state index contributed by atoms with van der Waals surface area (Å²) in [6, 6.07) is 15.8. The van der Waals surface area contributed by atoms with Crippen molar-refractivity contribution in [3.05, 3.63) is 48.5 Å². The zero-order chi connectivity index (χ0) is 13.2. The molecule has 0 atom stereocenters. The number of anilines is 4. The number of aromatic nitrogens is 2. The largest absolute Gasteiger partial charge is 0.383 e. The van der Waals surface area contributed by atoms with E-state index in [0.29, 0.717) is 11.6 Å². The van der Waals surface area contributed by atoms with Crippen LogP contribution in [0.4, 0.5) is 23.3 Å². The topological polar surface area (TPSA) is 89.8 Å². The van der Waals surface area contributed by atoms with Gasteiger partial charge in [0.25, 0.3) is 0 Å². The summed E-state index contributed by atoms with van der Waals surface area (Å²) >= 11 is 0. The van der Waals surface area contributed by atoms with Crippen molar-refractivity contribution in [3.8, 4) is 0 Å². The average Bonchev–Trinajstić information content (AvgIpc) is 2.38. The molecule has 0 amide bonds. The van der Waals surface area contributed by atoms with E-state index in [-0.39, 0.29) is 5.95 Å². The third kappa shape index (κ3) is 2.26. The molecule has 0 radical (unpaired) electrons. The molecule has 3 aromatic rings. The molecule has 2 aromatic carbocycles. The van der Waals surface area contributed by atoms with Crippen LogP contribution < -0.4 is 16.8 Å². The predicted octanol–water partition coefficient (Wildman–Crippen LogP) is 2.54. The molecule has 0 bridgehead atoms. The number of nitrogens with zero attached hydrogens (tertiary/aromatic N) is 2. The molecule has 5 heteroatoms. The highest BCUT2D eigenvalue weighted by atomic mass is 15.1. The summed E-state index contributed by atoms with van der Waals surface area (Å²) in [6.07, 6.45) is 0. The number of hydrogen-bond acceptors (Lipinski definition) is 5. The van der Waals surface area contributed by atoms with Gasteiger partial charge in [0.1, 0.15) is 11.6 Å². The average molecular weight is 251 g/mol. The van der Waals surface area contributed by atoms with Gasteiger partial charge in [-0.05, 0) is 11.5 Å². The zero-order valence-corrected chi connectivity index (χ0v) is 10.2. The quantitative estimate of drug-likeness (QED) is 0.651. The van der Waals surface area contributed by atoms with E-state index in [1.807, 2.05) is 30.3 Å². The number of fused-ring (bicyclic) bond motifs is 1. The fourth-order valence-electron chi connectivity index (χ4n) is 2.02. The minimum Gasteiger partial charge on any atom is -0.383 e. The maximum absolute atomic E-state index is 5.65. The number of rotatable bonds is 2. The van der Waals surface area contributed by atoms with E-state index >= 15 is 0 Å². The second-order valence-electron chi connectivity index (χ2n) is 4.19. The van der Waals surface area contributed by atoms with Gasteiger partial charge in [-0.15, -0.1) is 0 Å². The first-order valence-corrected chi connectivity index (χ1v) is 5.87. The molecule has 19 heavy (non-hydrogen) atoms. The van der Waals surface area contributed by atoms with Crippen molar-refractivity contribution in [1.82, 2.24) is 9.97 Å². The van der Waals surface area contributed by atoms with Crippen LogP contribution in [-0.2, 0) is 0 Å². The number of nitrogen functional groups attached to an aromatic ring is 2. The Kier molecular flexibility index (Phi) is 2.64. The summed E-state index contributed by atoms with van der Waals surface area (Å²) in [5, 5.41) is 5.48. The summed E-state index contributed by atoms with van der Waals surface area (Å²) in [7, 11) is 0. The molecule has 0 saturated carbocycles. The molecule has 0 saturated heterocycles. The Morgan fingerprint density at radius 3 is 2.53 bits per heavy atom. The molecule has 1 heterocycles. The van der Waals surface area contributed by atoms with E-state index in [1.165, 1.54) is 0 Å². The van der Waals surface area contributed by atoms with Crippen LogP contribution in [0.5, 0.6) is 0 Å². The van der Waals surface area contributed by atoms with E-state index in [0.717, 1.165) is 16.5 Å². The van der Waals surface area contributed by atoms with Gasteiger partial charge in [-0.2, -0.15) is 9.97 Å². The first kappa shape index (κ1) is 11.3. The van der Waals surface area contributed by atoms with Crippen LogP contribution in [0.15, 0.2) is 48.5 Å². The third-order valence-corrected chi connectivity index (χ3v) is 2.82. The van der Waals surface area contributed by atoms with Crippen LogP contribution in [0.2, 0.25) is 0 Å². The van der Waals surface area contributed by atoms with Crippen LogP contribution in [0, 0.1) is 0 Å². The van der Waals surface area contributed by atoms with Crippen LogP contribution in [-0.4, -0.2) is 9.97 Å². The van der Waals surface area contributed by atoms with Crippen LogP contribution in [0.25, 0.3) is 10.8 Å². The number of benzene rings is 2. The molecule has 0 fully saturated rings. The van der Waals surface area contributed by atoms with Gasteiger partial charge in [0.05, 0.1) is 0 Å². The lowest BCUT2D eigenvalue weighted by Gasteiger charge is -2.09. The zero-order valence-electron chi connectivity index (χ0n) is 10.2. The Morgan fingerprint density at radius 2 is 1.68 bits per heavy atom. The van der Waals surface area contributed by atoms with Gasteiger partial charge in [-0.3, -0.25) is 0 Å². The van der Waals surface area contributed by atoms with Gasteiger partial charge in [0, 0.05) is 17.1 Å². The Labute approximate surface area is 110 Å². The molecule has 1 aromatic heterocycles. The molecule has 0 spiro atoms. The van der Waals surface area contributed by atoms with E-state index in [1.54, 1.807) is 6.07 Å². The van der Waals surface area contributed by atoms with Crippen molar-refractivity contribution in [3.63, 3.8) is 0 Å². The van der Waals surface area contributed by atoms with E-state index < -0.39 is 0 Å². The first-order valence-electron chi connectivity index (χ1n) is 5.87. The minimum atomic E-state index is 0.155. The lowest BCUT2D eigenvalue weighted by molar-refractivity contribution is 1.19. The van der Waals surface area contributed by atoms with Gasteiger partial charge < -0.3 is 16.8 Å². The highest BCUT2D eigenvalue weighted by Gasteiger charge is 2.03. The molecule has 3 rings (SSSR count). The molecular formula is C14H13N5. The fraction of sp³-hybridized carbons (Fsp3) is 0. The van der Waals surface area contributed by atoms with Crippen molar-refractivity contribution in [2.45, 2.75) is 0 Å². The standard InChI is InChI=1S/C14H13N5/c15-12-8-13(19-14(16)18-12)17-11-7-3-5-9-4-1-2-6-10(9)11/h1-8H,(H5,15,16,17,18,19). The van der Waals surface area contributed by atoms with Gasteiger partial charge >= 0.3 is 0 Å². The Balaban J connectivity index is 2.05. The Hall–Kier alpha value is -2.82. The van der Waals surface area contributed by atoms with Gasteiger partial charge in [0.2, 0.25) is 5.95 Å². The lowest BCUT2D eigenvalue weighted by Crippen LogP contribution is -2.03. The second kappa shape index (κ2) is 4.45. The van der Waals surface area contributed by atoms with E-state index in [4.69, 9.17) is 11.5 Å². The molecule has 94 valence electrons. The van der Waals surface area contributed by atoms with Crippen LogP contribution >= 0.6 is 0 Å². The van der Waals surface area contributed by atoms with Crippen LogP contribution in [0.1, 0.15) is 0 Å². The fourth-order valence-corrected chi connectivity index (χ4v) is 2.02. The summed E-state index contributed by atoms with van der Waals surface area (Å²) in [4.78, 5) is 7.95. The maximum atomic E-state index is 5.65. The molecule has 0 aliphatic rings. The summed E-state index contributed by atoms with van der Waals surface area (Å²) < 4.78 is 0. The third-order valence-electron chi connectivity index (χ3n) is 2.82. The number of nitrogens with two attached hydrogens (primary N) is 2. The Bertz CT molecular complexity index is 713. The monoisotopic (exact) mass is 251 g/mol. The number of hydrogen-bond donors (Lipinski definition) is 3. The molecular weight excluding hydrogens is 238 g/mol. The molecule has 0 aliphatic heterocycles. The highest BCUT2D eigenvalue weighted by Crippen LogP contribution is 2.26. The van der Waals surface area contributed by atoms with Gasteiger partial charge in [0.15, 0.2) is 0 Å². The molecule has 5 N–H and O–H groups in total. The summed E-state index contributed by atoms with van der Waals surface area (Å²) in [5.74, 6) is 1.08. The lowest BCUT2D eigenvalue weighted by atomic mass is 10.1. The van der Waals surface area contributed by atoms with Crippen molar-refractivity contribution >= 4 is 34.0 Å². The molecule has 0 aliphatic carbocycles. The van der Waals surface area contributed by atoms with Crippen LogP contribution in [0.3, 0.4) is 0 Å². The van der Waals surface area contributed by atoms with Crippen molar-refractivity contribution in [2.75, 3.05) is 16.8 Å². The highest BCUT2D eigenvalue weighted by molar-refractivity contribution is 5.95. The second-order valence-corrected chi connectivity index (χ2v) is 4.19. The van der Waals surface area contributed by atoms with E-state index in [9.17, 15) is 0 Å². The first-order chi connectivity index (χ1) is 9.22. The van der Waals surface area contributed by atoms with E-state index in [2.05, 4.69) is 27.4 Å². The molecule has 0 unspecified atom stereocenters.